The van der Waals surface area contributed by atoms with E-state index in [2.05, 4.69) is 14.8 Å². The average Bonchev–Trinajstić information content (AvgIpc) is 3.05. The van der Waals surface area contributed by atoms with Gasteiger partial charge in [-0.05, 0) is 18.2 Å². The molecule has 1 aromatic carbocycles. The van der Waals surface area contributed by atoms with E-state index in [0.29, 0.717) is 11.4 Å². The van der Waals surface area contributed by atoms with Crippen LogP contribution in [0.15, 0.2) is 67.3 Å². The molecule has 0 fully saturated rings. The van der Waals surface area contributed by atoms with E-state index in [-0.39, 0.29) is 0 Å². The lowest BCUT2D eigenvalue weighted by Gasteiger charge is -2.06. The van der Waals surface area contributed by atoms with Gasteiger partial charge in [0.2, 0.25) is 0 Å². The van der Waals surface area contributed by atoms with Crippen molar-refractivity contribution < 1.29 is 0 Å². The smallest absolute Gasteiger partial charge is 0.187 e. The summed E-state index contributed by atoms with van der Waals surface area (Å²) in [7, 11) is 0. The first-order valence-corrected chi connectivity index (χ1v) is 7.40. The van der Waals surface area contributed by atoms with Crippen LogP contribution in [-0.4, -0.2) is 14.4 Å². The number of imidazole rings is 1. The molecule has 0 aliphatic heterocycles. The molecule has 24 heavy (non-hydrogen) atoms. The maximum Gasteiger partial charge on any atom is 0.187 e. The number of hydrogen-bond donors (Lipinski definition) is 1. The Labute approximate surface area is 138 Å². The van der Waals surface area contributed by atoms with E-state index in [0.717, 1.165) is 28.0 Å². The SMILES string of the molecule is [C-]#[N+]c1cccc(-c2ncc3ccc(-c4cncc(N)c4)cn23)c1. The van der Waals surface area contributed by atoms with Gasteiger partial charge in [0.05, 0.1) is 24.0 Å². The van der Waals surface area contributed by atoms with Crippen molar-refractivity contribution in [3.8, 4) is 22.5 Å². The maximum absolute atomic E-state index is 7.17. The molecule has 0 saturated heterocycles. The summed E-state index contributed by atoms with van der Waals surface area (Å²) in [5.41, 5.74) is 10.9. The maximum atomic E-state index is 7.17. The standard InChI is InChI=1S/C19H13N5/c1-21-17-4-2-3-13(8-17)19-23-11-18-6-5-14(12-24(18)19)15-7-16(20)10-22-9-15/h2-12H,20H2. The number of pyridine rings is 2. The zero-order chi connectivity index (χ0) is 16.5. The van der Waals surface area contributed by atoms with E-state index in [9.17, 15) is 0 Å². The lowest BCUT2D eigenvalue weighted by atomic mass is 10.1. The van der Waals surface area contributed by atoms with Crippen LogP contribution in [0, 0.1) is 6.57 Å². The highest BCUT2D eigenvalue weighted by Gasteiger charge is 2.09. The third-order valence-corrected chi connectivity index (χ3v) is 3.85. The van der Waals surface area contributed by atoms with Gasteiger partial charge in [0.1, 0.15) is 5.82 Å². The number of rotatable bonds is 2. The Morgan fingerprint density at radius 1 is 0.958 bits per heavy atom. The van der Waals surface area contributed by atoms with Crippen molar-refractivity contribution >= 4 is 16.9 Å². The highest BCUT2D eigenvalue weighted by atomic mass is 15.0. The number of benzene rings is 1. The minimum Gasteiger partial charge on any atom is -0.397 e. The molecule has 3 aromatic heterocycles. The Balaban J connectivity index is 1.89. The van der Waals surface area contributed by atoms with Gasteiger partial charge in [0.25, 0.3) is 0 Å². The Morgan fingerprint density at radius 3 is 2.71 bits per heavy atom. The highest BCUT2D eigenvalue weighted by molar-refractivity contribution is 5.71. The second-order valence-corrected chi connectivity index (χ2v) is 5.46. The van der Waals surface area contributed by atoms with Crippen LogP contribution in [0.5, 0.6) is 0 Å². The zero-order valence-electron chi connectivity index (χ0n) is 12.7. The van der Waals surface area contributed by atoms with Crippen LogP contribution in [-0.2, 0) is 0 Å². The fraction of sp³-hybridized carbons (Fsp3) is 0. The van der Waals surface area contributed by atoms with Crippen LogP contribution >= 0.6 is 0 Å². The molecule has 4 aromatic rings. The third kappa shape index (κ3) is 2.36. The van der Waals surface area contributed by atoms with Crippen molar-refractivity contribution in [1.82, 2.24) is 14.4 Å². The predicted molar refractivity (Wildman–Crippen MR) is 94.5 cm³/mol. The molecule has 4 rings (SSSR count). The van der Waals surface area contributed by atoms with Crippen LogP contribution < -0.4 is 5.73 Å². The highest BCUT2D eigenvalue weighted by Crippen LogP contribution is 2.27. The number of fused-ring (bicyclic) bond motifs is 1. The van der Waals surface area contributed by atoms with Crippen molar-refractivity contribution in [1.29, 1.82) is 0 Å². The van der Waals surface area contributed by atoms with E-state index in [1.807, 2.05) is 53.2 Å². The van der Waals surface area contributed by atoms with Crippen molar-refractivity contribution in [3.05, 3.63) is 78.7 Å². The third-order valence-electron chi connectivity index (χ3n) is 3.85. The molecule has 114 valence electrons. The minimum absolute atomic E-state index is 0.598. The van der Waals surface area contributed by atoms with E-state index in [1.165, 1.54) is 0 Å². The largest absolute Gasteiger partial charge is 0.397 e. The number of aromatic nitrogens is 3. The quantitative estimate of drug-likeness (QED) is 0.564. The topological polar surface area (TPSA) is 60.6 Å². The van der Waals surface area contributed by atoms with Crippen LogP contribution in [0.4, 0.5) is 11.4 Å². The molecule has 0 unspecified atom stereocenters. The van der Waals surface area contributed by atoms with Gasteiger partial charge in [-0.25, -0.2) is 9.83 Å². The zero-order valence-corrected chi connectivity index (χ0v) is 12.7. The minimum atomic E-state index is 0.598. The number of nitrogen functional groups attached to an aromatic ring is 1. The van der Waals surface area contributed by atoms with Crippen molar-refractivity contribution in [2.75, 3.05) is 5.73 Å². The lowest BCUT2D eigenvalue weighted by molar-refractivity contribution is 1.16. The summed E-state index contributed by atoms with van der Waals surface area (Å²) in [6, 6.07) is 13.4. The van der Waals surface area contributed by atoms with Gasteiger partial charge >= 0.3 is 0 Å². The molecule has 0 saturated carbocycles. The second kappa shape index (κ2) is 5.52. The fourth-order valence-electron chi connectivity index (χ4n) is 2.70. The molecular weight excluding hydrogens is 298 g/mol. The summed E-state index contributed by atoms with van der Waals surface area (Å²) in [6.07, 6.45) is 7.24. The number of anilines is 1. The number of hydrogen-bond acceptors (Lipinski definition) is 3. The van der Waals surface area contributed by atoms with Crippen molar-refractivity contribution in [2.24, 2.45) is 0 Å². The summed E-state index contributed by atoms with van der Waals surface area (Å²) in [6.45, 7) is 7.17. The average molecular weight is 311 g/mol. The molecule has 0 spiro atoms. The fourth-order valence-corrected chi connectivity index (χ4v) is 2.70. The van der Waals surface area contributed by atoms with Gasteiger partial charge in [0.15, 0.2) is 5.69 Å². The first-order valence-electron chi connectivity index (χ1n) is 7.40. The van der Waals surface area contributed by atoms with E-state index >= 15 is 0 Å². The van der Waals surface area contributed by atoms with Crippen LogP contribution in [0.1, 0.15) is 0 Å². The van der Waals surface area contributed by atoms with Gasteiger partial charge in [-0.1, -0.05) is 24.3 Å². The Kier molecular flexibility index (Phi) is 3.22. The molecule has 5 heteroatoms. The molecule has 3 heterocycles. The van der Waals surface area contributed by atoms with Crippen molar-refractivity contribution in [3.63, 3.8) is 0 Å². The monoisotopic (exact) mass is 311 g/mol. The summed E-state index contributed by atoms with van der Waals surface area (Å²) >= 11 is 0. The van der Waals surface area contributed by atoms with E-state index in [1.54, 1.807) is 18.5 Å². The summed E-state index contributed by atoms with van der Waals surface area (Å²) in [5.74, 6) is 0.800. The number of nitrogens with zero attached hydrogens (tertiary/aromatic N) is 4. The van der Waals surface area contributed by atoms with Crippen LogP contribution in [0.2, 0.25) is 0 Å². The lowest BCUT2D eigenvalue weighted by Crippen LogP contribution is -1.92. The summed E-state index contributed by atoms with van der Waals surface area (Å²) in [4.78, 5) is 12.1. The second-order valence-electron chi connectivity index (χ2n) is 5.46. The van der Waals surface area contributed by atoms with E-state index < -0.39 is 0 Å². The van der Waals surface area contributed by atoms with Gasteiger partial charge in [-0.3, -0.25) is 9.38 Å². The van der Waals surface area contributed by atoms with Gasteiger partial charge in [-0.2, -0.15) is 0 Å². The molecule has 0 atom stereocenters. The first-order chi connectivity index (χ1) is 11.7. The Hall–Kier alpha value is -3.65. The summed E-state index contributed by atoms with van der Waals surface area (Å²) < 4.78 is 2.02. The van der Waals surface area contributed by atoms with Gasteiger partial charge in [0, 0.05) is 35.3 Å². The summed E-state index contributed by atoms with van der Waals surface area (Å²) in [5, 5.41) is 0. The van der Waals surface area contributed by atoms with Crippen LogP contribution in [0.3, 0.4) is 0 Å². The van der Waals surface area contributed by atoms with E-state index in [4.69, 9.17) is 12.3 Å². The van der Waals surface area contributed by atoms with Gasteiger partial charge in [-0.15, -0.1) is 0 Å². The normalized spacial score (nSPS) is 10.6. The molecule has 0 amide bonds. The molecule has 0 bridgehead atoms. The predicted octanol–water partition coefficient (Wildman–Crippen LogP) is 4.20. The first kappa shape index (κ1) is 14.0. The Morgan fingerprint density at radius 2 is 1.88 bits per heavy atom. The molecular formula is C19H13N5. The van der Waals surface area contributed by atoms with Gasteiger partial charge < -0.3 is 5.73 Å². The molecule has 0 aliphatic rings. The molecule has 2 N–H and O–H groups in total. The number of nitrogens with two attached hydrogens (primary N) is 1. The van der Waals surface area contributed by atoms with Crippen molar-refractivity contribution in [2.45, 2.75) is 0 Å². The molecule has 5 nitrogen and oxygen atoms in total. The van der Waals surface area contributed by atoms with Crippen LogP contribution in [0.25, 0.3) is 32.9 Å². The Bertz CT molecular complexity index is 1090. The molecule has 0 aliphatic carbocycles. The molecule has 0 radical (unpaired) electrons.